The Balaban J connectivity index is 4.14. The Bertz CT molecular complexity index is 1000. The molecule has 366 valence electrons. The van der Waals surface area contributed by atoms with Crippen molar-refractivity contribution in [1.29, 1.82) is 0 Å². The van der Waals surface area contributed by atoms with Crippen LogP contribution in [-0.4, -0.2) is 97.0 Å². The lowest BCUT2D eigenvalue weighted by molar-refractivity contribution is -0.144. The summed E-state index contributed by atoms with van der Waals surface area (Å²) in [7, 11) is 0. The lowest BCUT2D eigenvalue weighted by Gasteiger charge is -2.25. The summed E-state index contributed by atoms with van der Waals surface area (Å²) in [4.78, 5) is 39.9. The standard InChI is InChI=1S/C53H102N2O7/c1-3-5-7-9-11-13-15-16-17-18-19-20-21-22-23-24-26-28-30-32-36-49-62-53(60)40-46-55(45-39-52(58)59)43-37-42-54(41-33-34-47-56)44-38-51(50-57)61-48-35-31-29-27-25-14-12-10-8-6-4-2/h56H,3-49H2,1-2H3,(H,58,59). The summed E-state index contributed by atoms with van der Waals surface area (Å²) < 4.78 is 11.4. The topological polar surface area (TPSA) is 117 Å². The van der Waals surface area contributed by atoms with Gasteiger partial charge >= 0.3 is 11.9 Å². The maximum atomic E-state index is 12.6. The number of carbonyl (C=O) groups excluding carboxylic acids is 2. The van der Waals surface area contributed by atoms with E-state index >= 15 is 0 Å². The van der Waals surface area contributed by atoms with E-state index in [9.17, 15) is 24.6 Å². The first-order chi connectivity index (χ1) is 30.5. The number of unbranched alkanes of at least 4 members (excludes halogenated alkanes) is 31. The molecule has 62 heavy (non-hydrogen) atoms. The van der Waals surface area contributed by atoms with Gasteiger partial charge in [-0.25, -0.2) is 4.79 Å². The van der Waals surface area contributed by atoms with Crippen LogP contribution in [0.2, 0.25) is 0 Å². The predicted molar refractivity (Wildman–Crippen MR) is 261 cm³/mol. The minimum atomic E-state index is -0.848. The van der Waals surface area contributed by atoms with Crippen LogP contribution >= 0.6 is 0 Å². The molecule has 0 radical (unpaired) electrons. The lowest BCUT2D eigenvalue weighted by Crippen LogP contribution is -2.34. The summed E-state index contributed by atoms with van der Waals surface area (Å²) in [6.45, 7) is 9.45. The molecule has 0 bridgehead atoms. The van der Waals surface area contributed by atoms with Crippen molar-refractivity contribution in [2.75, 3.05) is 59.1 Å². The molecule has 0 aromatic rings. The number of ether oxygens (including phenoxy) is 2. The molecule has 0 heterocycles. The summed E-state index contributed by atoms with van der Waals surface area (Å²) in [5.41, 5.74) is 0. The molecule has 0 amide bonds. The van der Waals surface area contributed by atoms with Crippen LogP contribution in [0.15, 0.2) is 5.76 Å². The van der Waals surface area contributed by atoms with Crippen molar-refractivity contribution in [2.24, 2.45) is 0 Å². The van der Waals surface area contributed by atoms with E-state index in [-0.39, 0.29) is 25.4 Å². The van der Waals surface area contributed by atoms with Crippen molar-refractivity contribution in [3.8, 4) is 0 Å². The Morgan fingerprint density at radius 2 is 0.742 bits per heavy atom. The Hall–Kier alpha value is -1.93. The van der Waals surface area contributed by atoms with Gasteiger partial charge in [-0.3, -0.25) is 9.59 Å². The smallest absolute Gasteiger partial charge is 0.307 e. The van der Waals surface area contributed by atoms with Gasteiger partial charge in [0.05, 0.1) is 26.1 Å². The van der Waals surface area contributed by atoms with Gasteiger partial charge in [-0.2, -0.15) is 0 Å². The van der Waals surface area contributed by atoms with E-state index in [1.165, 1.54) is 180 Å². The van der Waals surface area contributed by atoms with E-state index in [1.807, 2.05) is 10.8 Å². The van der Waals surface area contributed by atoms with Crippen molar-refractivity contribution >= 4 is 17.9 Å². The normalized spacial score (nSPS) is 11.4. The third-order valence-electron chi connectivity index (χ3n) is 12.4. The van der Waals surface area contributed by atoms with E-state index in [1.54, 1.807) is 0 Å². The molecule has 2 N–H and O–H groups in total. The molecule has 0 spiro atoms. The summed E-state index contributed by atoms with van der Waals surface area (Å²) in [6, 6.07) is 0. The largest absolute Gasteiger partial charge is 0.487 e. The number of esters is 1. The third kappa shape index (κ3) is 46.1. The second kappa shape index (κ2) is 50.1. The number of aliphatic hydroxyl groups excluding tert-OH is 1. The van der Waals surface area contributed by atoms with Crippen molar-refractivity contribution in [3.05, 3.63) is 5.76 Å². The van der Waals surface area contributed by atoms with Gasteiger partial charge in [0.25, 0.3) is 0 Å². The number of nitrogens with zero attached hydrogens (tertiary/aromatic N) is 2. The Morgan fingerprint density at radius 1 is 0.403 bits per heavy atom. The molecule has 0 unspecified atom stereocenters. The van der Waals surface area contributed by atoms with E-state index in [4.69, 9.17) is 9.47 Å². The van der Waals surface area contributed by atoms with Crippen LogP contribution in [0, 0.1) is 0 Å². The fourth-order valence-electron chi connectivity index (χ4n) is 8.31. The van der Waals surface area contributed by atoms with Crippen LogP contribution in [0.25, 0.3) is 0 Å². The van der Waals surface area contributed by atoms with Gasteiger partial charge in [0.1, 0.15) is 0 Å². The van der Waals surface area contributed by atoms with Crippen LogP contribution in [0.3, 0.4) is 0 Å². The molecule has 0 aromatic heterocycles. The predicted octanol–water partition coefficient (Wildman–Crippen LogP) is 13.8. The van der Waals surface area contributed by atoms with Gasteiger partial charge in [-0.15, -0.1) is 0 Å². The maximum absolute atomic E-state index is 12.6. The number of aliphatic carboxylic acids is 1. The molecule has 9 nitrogen and oxygen atoms in total. The quantitative estimate of drug-likeness (QED) is 0.0267. The van der Waals surface area contributed by atoms with Crippen molar-refractivity contribution < 1.29 is 34.1 Å². The highest BCUT2D eigenvalue weighted by Gasteiger charge is 2.14. The minimum Gasteiger partial charge on any atom is -0.487 e. The molecule has 0 saturated heterocycles. The number of hydrogen-bond donors (Lipinski definition) is 2. The number of carbonyl (C=O) groups is 2. The molecular formula is C53H102N2O7. The van der Waals surface area contributed by atoms with Crippen molar-refractivity contribution in [1.82, 2.24) is 9.80 Å². The van der Waals surface area contributed by atoms with Crippen LogP contribution in [0.1, 0.15) is 258 Å². The highest BCUT2D eigenvalue weighted by molar-refractivity contribution is 5.69. The Labute approximate surface area is 383 Å². The molecule has 0 atom stereocenters. The van der Waals surface area contributed by atoms with Crippen LogP contribution in [0.5, 0.6) is 0 Å². The van der Waals surface area contributed by atoms with Crippen LogP contribution < -0.4 is 0 Å². The zero-order chi connectivity index (χ0) is 45.2. The highest BCUT2D eigenvalue weighted by Crippen LogP contribution is 2.16. The minimum absolute atomic E-state index is 0.0264. The number of rotatable bonds is 52. The first kappa shape index (κ1) is 60.1. The molecule has 0 aliphatic carbocycles. The zero-order valence-electron chi connectivity index (χ0n) is 41.1. The van der Waals surface area contributed by atoms with Crippen molar-refractivity contribution in [3.63, 3.8) is 0 Å². The molecule has 0 rings (SSSR count). The molecule has 0 saturated carbocycles. The average molecular weight is 879 g/mol. The van der Waals surface area contributed by atoms with Crippen LogP contribution in [0.4, 0.5) is 0 Å². The fourth-order valence-corrected chi connectivity index (χ4v) is 8.31. The van der Waals surface area contributed by atoms with E-state index in [2.05, 4.69) is 18.7 Å². The molecular weight excluding hydrogens is 777 g/mol. The summed E-state index contributed by atoms with van der Waals surface area (Å²) in [6.07, 6.45) is 45.3. The fraction of sp³-hybridized carbons (Fsp3) is 0.925. The van der Waals surface area contributed by atoms with Crippen LogP contribution in [-0.2, 0) is 23.9 Å². The Kier molecular flexibility index (Phi) is 48.5. The van der Waals surface area contributed by atoms with Crippen molar-refractivity contribution in [2.45, 2.75) is 258 Å². The number of aliphatic hydroxyl groups is 1. The molecule has 0 aromatic carbocycles. The number of hydrogen-bond acceptors (Lipinski definition) is 8. The van der Waals surface area contributed by atoms with Gasteiger partial charge < -0.3 is 29.5 Å². The van der Waals surface area contributed by atoms with E-state index in [0.29, 0.717) is 58.0 Å². The van der Waals surface area contributed by atoms with Gasteiger partial charge in [0, 0.05) is 32.7 Å². The average Bonchev–Trinajstić information content (AvgIpc) is 3.27. The number of carboxylic acid groups (broad SMARTS) is 1. The van der Waals surface area contributed by atoms with Gasteiger partial charge in [-0.05, 0) is 51.7 Å². The lowest BCUT2D eigenvalue weighted by atomic mass is 10.0. The first-order valence-corrected chi connectivity index (χ1v) is 26.8. The first-order valence-electron chi connectivity index (χ1n) is 26.8. The van der Waals surface area contributed by atoms with Gasteiger partial charge in [-0.1, -0.05) is 206 Å². The molecule has 0 aliphatic rings. The molecule has 0 aliphatic heterocycles. The SMILES string of the molecule is CCCCCCCCCCCCCCCCCCCCCCCOC(=O)CCN(CCCN(CCCCO)CCC(=C=O)OCCCCCCCCCCCCC)CCC(=O)O. The zero-order valence-corrected chi connectivity index (χ0v) is 41.1. The summed E-state index contributed by atoms with van der Waals surface area (Å²) >= 11 is 0. The van der Waals surface area contributed by atoms with Gasteiger partial charge in [0.15, 0.2) is 11.7 Å². The van der Waals surface area contributed by atoms with E-state index < -0.39 is 5.97 Å². The Morgan fingerprint density at radius 3 is 1.13 bits per heavy atom. The highest BCUT2D eigenvalue weighted by atomic mass is 16.5. The molecule has 9 heteroatoms. The molecule has 0 fully saturated rings. The summed E-state index contributed by atoms with van der Waals surface area (Å²) in [5, 5.41) is 18.7. The second-order valence-electron chi connectivity index (χ2n) is 18.3. The second-order valence-corrected chi connectivity index (χ2v) is 18.3. The van der Waals surface area contributed by atoms with E-state index in [0.717, 1.165) is 51.6 Å². The monoisotopic (exact) mass is 879 g/mol. The number of carboxylic acids is 1. The maximum Gasteiger partial charge on any atom is 0.307 e. The third-order valence-corrected chi connectivity index (χ3v) is 12.4. The summed E-state index contributed by atoms with van der Waals surface area (Å²) in [5.74, 6) is 1.32. The van der Waals surface area contributed by atoms with Gasteiger partial charge in [0.2, 0.25) is 0 Å².